The molecule has 0 aliphatic heterocycles. The molecule has 6 heteroatoms. The summed E-state index contributed by atoms with van der Waals surface area (Å²) in [6.07, 6.45) is 0.953. The zero-order valence-corrected chi connectivity index (χ0v) is 10.7. The van der Waals surface area contributed by atoms with Crippen LogP contribution in [0.15, 0.2) is 29.2 Å². The lowest BCUT2D eigenvalue weighted by Gasteiger charge is -2.08. The SMILES string of the molecule is CCCC(=O)NNS(=O)(=O)c1ccc(C)cc1. The van der Waals surface area contributed by atoms with Gasteiger partial charge in [-0.1, -0.05) is 24.6 Å². The Balaban J connectivity index is 2.69. The van der Waals surface area contributed by atoms with Gasteiger partial charge in [0.15, 0.2) is 0 Å². The van der Waals surface area contributed by atoms with Gasteiger partial charge >= 0.3 is 0 Å². The highest BCUT2D eigenvalue weighted by Gasteiger charge is 2.14. The van der Waals surface area contributed by atoms with E-state index in [1.54, 1.807) is 12.1 Å². The Hall–Kier alpha value is -1.40. The van der Waals surface area contributed by atoms with Gasteiger partial charge in [-0.3, -0.25) is 10.2 Å². The zero-order valence-electron chi connectivity index (χ0n) is 9.86. The average Bonchev–Trinajstić information content (AvgIpc) is 2.28. The van der Waals surface area contributed by atoms with Gasteiger partial charge in [0.05, 0.1) is 4.90 Å². The molecule has 1 amide bonds. The first-order valence-corrected chi connectivity index (χ1v) is 6.81. The number of hydrogen-bond donors (Lipinski definition) is 2. The van der Waals surface area contributed by atoms with Gasteiger partial charge in [0.1, 0.15) is 0 Å². The van der Waals surface area contributed by atoms with E-state index in [0.29, 0.717) is 6.42 Å². The Morgan fingerprint density at radius 1 is 1.24 bits per heavy atom. The van der Waals surface area contributed by atoms with Crippen LogP contribution in [0.2, 0.25) is 0 Å². The second kappa shape index (κ2) is 5.79. The van der Waals surface area contributed by atoms with Crippen LogP contribution in [-0.2, 0) is 14.8 Å². The summed E-state index contributed by atoms with van der Waals surface area (Å²) in [5.74, 6) is -0.344. The highest BCUT2D eigenvalue weighted by Crippen LogP contribution is 2.08. The molecular formula is C11H16N2O3S. The minimum absolute atomic E-state index is 0.125. The van der Waals surface area contributed by atoms with Crippen molar-refractivity contribution in [2.45, 2.75) is 31.6 Å². The van der Waals surface area contributed by atoms with E-state index in [9.17, 15) is 13.2 Å². The van der Waals surface area contributed by atoms with Gasteiger partial charge in [0.25, 0.3) is 10.0 Å². The van der Waals surface area contributed by atoms with Gasteiger partial charge in [-0.25, -0.2) is 8.42 Å². The third-order valence-corrected chi connectivity index (χ3v) is 3.40. The summed E-state index contributed by atoms with van der Waals surface area (Å²) < 4.78 is 23.5. The van der Waals surface area contributed by atoms with Crippen LogP contribution in [0.1, 0.15) is 25.3 Å². The standard InChI is InChI=1S/C11H16N2O3S/c1-3-4-11(14)12-13-17(15,16)10-7-5-9(2)6-8-10/h5-8,13H,3-4H2,1-2H3,(H,12,14). The predicted molar refractivity (Wildman–Crippen MR) is 64.6 cm³/mol. The summed E-state index contributed by atoms with van der Waals surface area (Å²) in [5.41, 5.74) is 3.13. The first kappa shape index (κ1) is 13.7. The van der Waals surface area contributed by atoms with Gasteiger partial charge in [0.2, 0.25) is 5.91 Å². The Morgan fingerprint density at radius 2 is 1.82 bits per heavy atom. The van der Waals surface area contributed by atoms with E-state index in [4.69, 9.17) is 0 Å². The van der Waals surface area contributed by atoms with Crippen LogP contribution in [0, 0.1) is 6.92 Å². The van der Waals surface area contributed by atoms with Crippen molar-refractivity contribution in [2.24, 2.45) is 0 Å². The largest absolute Gasteiger partial charge is 0.278 e. The Bertz CT molecular complexity index is 480. The quantitative estimate of drug-likeness (QED) is 0.775. The number of nitrogens with one attached hydrogen (secondary N) is 2. The third-order valence-electron chi connectivity index (χ3n) is 2.13. The number of rotatable bonds is 5. The molecule has 94 valence electrons. The topological polar surface area (TPSA) is 75.3 Å². The first-order valence-electron chi connectivity index (χ1n) is 5.33. The lowest BCUT2D eigenvalue weighted by Crippen LogP contribution is -2.41. The van der Waals surface area contributed by atoms with E-state index in [2.05, 4.69) is 10.3 Å². The monoisotopic (exact) mass is 256 g/mol. The lowest BCUT2D eigenvalue weighted by molar-refractivity contribution is -0.121. The number of hydrazine groups is 1. The van der Waals surface area contributed by atoms with Crippen LogP contribution in [0.3, 0.4) is 0 Å². The molecule has 5 nitrogen and oxygen atoms in total. The molecule has 0 saturated carbocycles. The zero-order chi connectivity index (χ0) is 12.9. The summed E-state index contributed by atoms with van der Waals surface area (Å²) in [5, 5.41) is 0. The molecule has 0 heterocycles. The fourth-order valence-electron chi connectivity index (χ4n) is 1.19. The van der Waals surface area contributed by atoms with Gasteiger partial charge in [0, 0.05) is 6.42 Å². The fraction of sp³-hybridized carbons (Fsp3) is 0.364. The van der Waals surface area contributed by atoms with Crippen molar-refractivity contribution < 1.29 is 13.2 Å². The highest BCUT2D eigenvalue weighted by molar-refractivity contribution is 7.89. The molecule has 17 heavy (non-hydrogen) atoms. The third kappa shape index (κ3) is 4.16. The second-order valence-electron chi connectivity index (χ2n) is 3.72. The van der Waals surface area contributed by atoms with Gasteiger partial charge < -0.3 is 0 Å². The van der Waals surface area contributed by atoms with Crippen LogP contribution < -0.4 is 10.3 Å². The molecule has 0 unspecified atom stereocenters. The molecule has 1 rings (SSSR count). The fourth-order valence-corrected chi connectivity index (χ4v) is 2.05. The van der Waals surface area contributed by atoms with Crippen molar-refractivity contribution in [3.05, 3.63) is 29.8 Å². The lowest BCUT2D eigenvalue weighted by atomic mass is 10.2. The maximum Gasteiger partial charge on any atom is 0.257 e. The summed E-state index contributed by atoms with van der Waals surface area (Å²) >= 11 is 0. The van der Waals surface area contributed by atoms with E-state index in [-0.39, 0.29) is 17.2 Å². The summed E-state index contributed by atoms with van der Waals surface area (Å²) in [6.45, 7) is 3.71. The number of amides is 1. The number of hydrogen-bond acceptors (Lipinski definition) is 3. The van der Waals surface area contributed by atoms with E-state index in [1.807, 2.05) is 13.8 Å². The van der Waals surface area contributed by atoms with Gasteiger partial charge in [-0.2, -0.15) is 0 Å². The van der Waals surface area contributed by atoms with E-state index in [1.165, 1.54) is 12.1 Å². The van der Waals surface area contributed by atoms with Crippen LogP contribution in [-0.4, -0.2) is 14.3 Å². The Kier molecular flexibility index (Phi) is 4.65. The Morgan fingerprint density at radius 3 is 2.35 bits per heavy atom. The van der Waals surface area contributed by atoms with Crippen molar-refractivity contribution >= 4 is 15.9 Å². The van der Waals surface area contributed by atoms with Crippen LogP contribution in [0.4, 0.5) is 0 Å². The van der Waals surface area contributed by atoms with Crippen molar-refractivity contribution in [2.75, 3.05) is 0 Å². The Labute approximate surface area is 101 Å². The number of sulfonamides is 1. The molecule has 0 aromatic heterocycles. The first-order chi connectivity index (χ1) is 7.95. The van der Waals surface area contributed by atoms with Crippen molar-refractivity contribution in [3.63, 3.8) is 0 Å². The molecule has 0 saturated heterocycles. The normalized spacial score (nSPS) is 11.2. The average molecular weight is 256 g/mol. The molecular weight excluding hydrogens is 240 g/mol. The number of carbonyl (C=O) groups is 1. The minimum atomic E-state index is -3.67. The molecule has 1 aromatic carbocycles. The van der Waals surface area contributed by atoms with E-state index < -0.39 is 10.0 Å². The van der Waals surface area contributed by atoms with Crippen LogP contribution in [0.5, 0.6) is 0 Å². The van der Waals surface area contributed by atoms with E-state index in [0.717, 1.165) is 5.56 Å². The summed E-state index contributed by atoms with van der Waals surface area (Å²) in [6, 6.07) is 6.37. The number of aryl methyl sites for hydroxylation is 1. The predicted octanol–water partition coefficient (Wildman–Crippen LogP) is 1.10. The van der Waals surface area contributed by atoms with Crippen molar-refractivity contribution in [1.29, 1.82) is 0 Å². The van der Waals surface area contributed by atoms with E-state index >= 15 is 0 Å². The maximum absolute atomic E-state index is 11.7. The number of carbonyl (C=O) groups excluding carboxylic acids is 1. The van der Waals surface area contributed by atoms with Gasteiger partial charge in [-0.05, 0) is 25.5 Å². The molecule has 1 aromatic rings. The maximum atomic E-state index is 11.7. The van der Waals surface area contributed by atoms with Crippen molar-refractivity contribution in [3.8, 4) is 0 Å². The molecule has 0 fully saturated rings. The summed E-state index contributed by atoms with van der Waals surface area (Å²) in [7, 11) is -3.67. The summed E-state index contributed by atoms with van der Waals surface area (Å²) in [4.78, 5) is 13.3. The second-order valence-corrected chi connectivity index (χ2v) is 5.40. The molecule has 0 aliphatic carbocycles. The smallest absolute Gasteiger partial charge is 0.257 e. The van der Waals surface area contributed by atoms with Crippen LogP contribution in [0.25, 0.3) is 0 Å². The molecule has 0 aliphatic rings. The molecule has 0 atom stereocenters. The molecule has 0 radical (unpaired) electrons. The highest BCUT2D eigenvalue weighted by atomic mass is 32.2. The molecule has 0 bridgehead atoms. The van der Waals surface area contributed by atoms with Crippen molar-refractivity contribution in [1.82, 2.24) is 10.3 Å². The molecule has 0 spiro atoms. The van der Waals surface area contributed by atoms with Crippen LogP contribution >= 0.6 is 0 Å². The molecule has 2 N–H and O–H groups in total. The van der Waals surface area contributed by atoms with Gasteiger partial charge in [-0.15, -0.1) is 4.83 Å². The number of benzene rings is 1. The minimum Gasteiger partial charge on any atom is -0.278 e.